The smallest absolute Gasteiger partial charge is 0.0479 e. The van der Waals surface area contributed by atoms with E-state index in [9.17, 15) is 0 Å². The molecule has 3 heteroatoms. The van der Waals surface area contributed by atoms with E-state index < -0.39 is 0 Å². The Bertz CT molecular complexity index is 247. The summed E-state index contributed by atoms with van der Waals surface area (Å²) in [7, 11) is 1.97. The van der Waals surface area contributed by atoms with Crippen molar-refractivity contribution in [3.8, 4) is 0 Å². The van der Waals surface area contributed by atoms with E-state index in [0.717, 1.165) is 12.8 Å². The van der Waals surface area contributed by atoms with E-state index in [4.69, 9.17) is 5.11 Å². The van der Waals surface area contributed by atoms with Gasteiger partial charge in [-0.2, -0.15) is 0 Å². The van der Waals surface area contributed by atoms with Gasteiger partial charge in [-0.05, 0) is 37.4 Å². The number of nitrogens with one attached hydrogen (secondary N) is 1. The van der Waals surface area contributed by atoms with Crippen molar-refractivity contribution < 1.29 is 5.11 Å². The summed E-state index contributed by atoms with van der Waals surface area (Å²) in [5, 5.41) is 14.2. The van der Waals surface area contributed by atoms with Crippen LogP contribution in [-0.2, 0) is 12.8 Å². The molecular weight excluding hydrogens is 182 g/mol. The molecule has 1 aromatic rings. The second-order valence-corrected chi connectivity index (χ2v) is 4.24. The van der Waals surface area contributed by atoms with E-state index in [2.05, 4.69) is 23.7 Å². The van der Waals surface area contributed by atoms with Crippen molar-refractivity contribution in [1.29, 1.82) is 0 Å². The van der Waals surface area contributed by atoms with Gasteiger partial charge in [0.25, 0.3) is 0 Å². The van der Waals surface area contributed by atoms with E-state index >= 15 is 0 Å². The lowest BCUT2D eigenvalue weighted by Crippen LogP contribution is -2.23. The highest BCUT2D eigenvalue weighted by Crippen LogP contribution is 2.18. The second-order valence-electron chi connectivity index (χ2n) is 3.24. The summed E-state index contributed by atoms with van der Waals surface area (Å²) in [6.07, 6.45) is 1.85. The van der Waals surface area contributed by atoms with Crippen LogP contribution in [0.2, 0.25) is 0 Å². The topological polar surface area (TPSA) is 32.3 Å². The van der Waals surface area contributed by atoms with Crippen LogP contribution in [0.3, 0.4) is 0 Å². The molecule has 0 bridgehead atoms. The van der Waals surface area contributed by atoms with Crippen LogP contribution in [0.25, 0.3) is 0 Å². The van der Waals surface area contributed by atoms with Gasteiger partial charge in [0.05, 0.1) is 0 Å². The Kier molecular flexibility index (Phi) is 4.42. The second kappa shape index (κ2) is 5.37. The molecule has 74 valence electrons. The standard InChI is InChI=1S/C10H17NOS/c1-8(11-2)7-9-4-6-13-10(9)3-5-12/h4,6,8,11-12H,3,5,7H2,1-2H3. The summed E-state index contributed by atoms with van der Waals surface area (Å²) in [6.45, 7) is 2.42. The minimum Gasteiger partial charge on any atom is -0.396 e. The van der Waals surface area contributed by atoms with Gasteiger partial charge in [-0.15, -0.1) is 11.3 Å². The maximum absolute atomic E-state index is 8.84. The lowest BCUT2D eigenvalue weighted by Gasteiger charge is -2.09. The summed E-state index contributed by atoms with van der Waals surface area (Å²) in [4.78, 5) is 1.32. The van der Waals surface area contributed by atoms with Gasteiger partial charge in [0.1, 0.15) is 0 Å². The molecule has 1 aromatic heterocycles. The van der Waals surface area contributed by atoms with Crippen molar-refractivity contribution in [1.82, 2.24) is 5.32 Å². The fourth-order valence-corrected chi connectivity index (χ4v) is 2.21. The molecule has 1 atom stereocenters. The van der Waals surface area contributed by atoms with E-state index in [1.807, 2.05) is 7.05 Å². The van der Waals surface area contributed by atoms with Crippen molar-refractivity contribution in [3.05, 3.63) is 21.9 Å². The van der Waals surface area contributed by atoms with Crippen molar-refractivity contribution in [2.75, 3.05) is 13.7 Å². The SMILES string of the molecule is CNC(C)Cc1ccsc1CCO. The van der Waals surface area contributed by atoms with Gasteiger partial charge in [0, 0.05) is 23.9 Å². The summed E-state index contributed by atoms with van der Waals surface area (Å²) >= 11 is 1.74. The molecule has 0 saturated heterocycles. The molecule has 0 aliphatic carbocycles. The quantitative estimate of drug-likeness (QED) is 0.752. The average molecular weight is 199 g/mol. The lowest BCUT2D eigenvalue weighted by molar-refractivity contribution is 0.300. The van der Waals surface area contributed by atoms with Gasteiger partial charge in [-0.3, -0.25) is 0 Å². The van der Waals surface area contributed by atoms with E-state index in [1.54, 1.807) is 11.3 Å². The van der Waals surface area contributed by atoms with Crippen LogP contribution in [0.5, 0.6) is 0 Å². The highest BCUT2D eigenvalue weighted by atomic mass is 32.1. The largest absolute Gasteiger partial charge is 0.396 e. The van der Waals surface area contributed by atoms with Crippen LogP contribution in [0.4, 0.5) is 0 Å². The molecule has 1 rings (SSSR count). The summed E-state index contributed by atoms with van der Waals surface area (Å²) in [6, 6.07) is 2.66. The Morgan fingerprint density at radius 2 is 2.38 bits per heavy atom. The Morgan fingerprint density at radius 3 is 3.00 bits per heavy atom. The van der Waals surface area contributed by atoms with Gasteiger partial charge < -0.3 is 10.4 Å². The molecule has 0 radical (unpaired) electrons. The molecule has 0 fully saturated rings. The number of likely N-dealkylation sites (N-methyl/N-ethyl adjacent to an activating group) is 1. The van der Waals surface area contributed by atoms with Crippen LogP contribution >= 0.6 is 11.3 Å². The lowest BCUT2D eigenvalue weighted by atomic mass is 10.1. The van der Waals surface area contributed by atoms with E-state index in [0.29, 0.717) is 6.04 Å². The molecule has 2 nitrogen and oxygen atoms in total. The molecule has 0 saturated carbocycles. The minimum atomic E-state index is 0.251. The van der Waals surface area contributed by atoms with Gasteiger partial charge in [0.15, 0.2) is 0 Å². The van der Waals surface area contributed by atoms with Crippen molar-refractivity contribution in [2.24, 2.45) is 0 Å². The van der Waals surface area contributed by atoms with Crippen LogP contribution in [0, 0.1) is 0 Å². The molecule has 0 amide bonds. The highest BCUT2D eigenvalue weighted by Gasteiger charge is 2.06. The third-order valence-electron chi connectivity index (χ3n) is 2.20. The van der Waals surface area contributed by atoms with Crippen LogP contribution in [0.1, 0.15) is 17.4 Å². The summed E-state index contributed by atoms with van der Waals surface area (Å²) in [5.74, 6) is 0. The minimum absolute atomic E-state index is 0.251. The van der Waals surface area contributed by atoms with Crippen molar-refractivity contribution in [2.45, 2.75) is 25.8 Å². The molecule has 0 spiro atoms. The van der Waals surface area contributed by atoms with Crippen LogP contribution in [0.15, 0.2) is 11.4 Å². The van der Waals surface area contributed by atoms with Gasteiger partial charge >= 0.3 is 0 Å². The molecule has 2 N–H and O–H groups in total. The molecule has 0 aliphatic heterocycles. The molecule has 0 aliphatic rings. The maximum atomic E-state index is 8.84. The van der Waals surface area contributed by atoms with E-state index in [1.165, 1.54) is 10.4 Å². The molecule has 1 unspecified atom stereocenters. The molecule has 13 heavy (non-hydrogen) atoms. The highest BCUT2D eigenvalue weighted by molar-refractivity contribution is 7.10. The Balaban J connectivity index is 2.59. The van der Waals surface area contributed by atoms with Crippen LogP contribution < -0.4 is 5.32 Å². The monoisotopic (exact) mass is 199 g/mol. The number of thiophene rings is 1. The van der Waals surface area contributed by atoms with Gasteiger partial charge in [-0.25, -0.2) is 0 Å². The number of aliphatic hydroxyl groups is 1. The van der Waals surface area contributed by atoms with E-state index in [-0.39, 0.29) is 6.61 Å². The first-order valence-electron chi connectivity index (χ1n) is 4.61. The fraction of sp³-hybridized carbons (Fsp3) is 0.600. The number of rotatable bonds is 5. The fourth-order valence-electron chi connectivity index (χ4n) is 1.30. The third-order valence-corrected chi connectivity index (χ3v) is 3.22. The predicted octanol–water partition coefficient (Wildman–Crippen LogP) is 1.43. The van der Waals surface area contributed by atoms with Crippen molar-refractivity contribution in [3.63, 3.8) is 0 Å². The Labute approximate surface area is 83.6 Å². The normalized spacial score (nSPS) is 13.2. The zero-order chi connectivity index (χ0) is 9.68. The molecule has 0 aromatic carbocycles. The van der Waals surface area contributed by atoms with Crippen molar-refractivity contribution >= 4 is 11.3 Å². The summed E-state index contributed by atoms with van der Waals surface area (Å²) < 4.78 is 0. The first-order chi connectivity index (χ1) is 6.27. The molecular formula is C10H17NOS. The first-order valence-corrected chi connectivity index (χ1v) is 5.49. The average Bonchev–Trinajstić information content (AvgIpc) is 2.54. The molecule has 1 heterocycles. The van der Waals surface area contributed by atoms with Gasteiger partial charge in [0.2, 0.25) is 0 Å². The number of hydrogen-bond acceptors (Lipinski definition) is 3. The predicted molar refractivity (Wildman–Crippen MR) is 57.3 cm³/mol. The maximum Gasteiger partial charge on any atom is 0.0479 e. The third kappa shape index (κ3) is 3.10. The Morgan fingerprint density at radius 1 is 1.62 bits per heavy atom. The zero-order valence-corrected chi connectivity index (χ0v) is 9.03. The first kappa shape index (κ1) is 10.7. The number of hydrogen-bond donors (Lipinski definition) is 2. The summed E-state index contributed by atoms with van der Waals surface area (Å²) in [5.41, 5.74) is 1.38. The van der Waals surface area contributed by atoms with Crippen LogP contribution in [-0.4, -0.2) is 24.8 Å². The van der Waals surface area contributed by atoms with Gasteiger partial charge in [-0.1, -0.05) is 0 Å². The zero-order valence-electron chi connectivity index (χ0n) is 8.21. The number of aliphatic hydroxyl groups excluding tert-OH is 1. The Hall–Kier alpha value is -0.380.